The number of ether oxygens (including phenoxy) is 1. The van der Waals surface area contributed by atoms with E-state index in [-0.39, 0.29) is 0 Å². The van der Waals surface area contributed by atoms with E-state index in [1.54, 1.807) is 7.11 Å². The molecule has 98 valence electrons. The second kappa shape index (κ2) is 6.64. The fourth-order valence-electron chi connectivity index (χ4n) is 2.15. The van der Waals surface area contributed by atoms with Crippen molar-refractivity contribution in [1.82, 2.24) is 15.1 Å². The predicted octanol–water partition coefficient (Wildman–Crippen LogP) is 2.61. The van der Waals surface area contributed by atoms with Gasteiger partial charge in [-0.1, -0.05) is 20.8 Å². The van der Waals surface area contributed by atoms with E-state index >= 15 is 0 Å². The van der Waals surface area contributed by atoms with E-state index in [2.05, 4.69) is 38.1 Å². The number of hydrogen-bond donors (Lipinski definition) is 1. The highest BCUT2D eigenvalue weighted by Gasteiger charge is 2.21. The molecule has 0 amide bonds. The Morgan fingerprint density at radius 3 is 2.59 bits per heavy atom. The first-order valence-electron chi connectivity index (χ1n) is 6.47. The maximum Gasteiger partial charge on any atom is 0.161 e. The summed E-state index contributed by atoms with van der Waals surface area (Å²) in [7, 11) is 1.71. The van der Waals surface area contributed by atoms with Gasteiger partial charge in [-0.3, -0.25) is 4.68 Å². The van der Waals surface area contributed by atoms with Gasteiger partial charge in [0.05, 0.1) is 25.0 Å². The molecular weight excluding hydrogens is 214 g/mol. The molecule has 0 bridgehead atoms. The van der Waals surface area contributed by atoms with Crippen LogP contribution in [-0.2, 0) is 6.54 Å². The third-order valence-corrected chi connectivity index (χ3v) is 2.85. The SMILES string of the molecule is CCNC(CC(C)C)c1c(OC)cnn1CC. The summed E-state index contributed by atoms with van der Waals surface area (Å²) in [6, 6.07) is 0.317. The second-order valence-electron chi connectivity index (χ2n) is 4.65. The molecule has 0 aromatic carbocycles. The molecule has 1 rings (SSSR count). The fourth-order valence-corrected chi connectivity index (χ4v) is 2.15. The van der Waals surface area contributed by atoms with Crippen LogP contribution in [0.2, 0.25) is 0 Å². The normalized spacial score (nSPS) is 13.1. The van der Waals surface area contributed by atoms with Gasteiger partial charge in [-0.2, -0.15) is 5.10 Å². The summed E-state index contributed by atoms with van der Waals surface area (Å²) in [5.74, 6) is 1.53. The van der Waals surface area contributed by atoms with Gasteiger partial charge in [0, 0.05) is 6.54 Å². The van der Waals surface area contributed by atoms with E-state index in [1.807, 2.05) is 10.9 Å². The Bertz CT molecular complexity index is 312. The lowest BCUT2D eigenvalue weighted by atomic mass is 10.0. The van der Waals surface area contributed by atoms with Gasteiger partial charge in [-0.05, 0) is 25.8 Å². The summed E-state index contributed by atoms with van der Waals surface area (Å²) in [5.41, 5.74) is 1.17. The molecule has 0 aliphatic heterocycles. The van der Waals surface area contributed by atoms with Crippen molar-refractivity contribution in [2.45, 2.75) is 46.7 Å². The fraction of sp³-hybridized carbons (Fsp3) is 0.769. The molecule has 4 heteroatoms. The van der Waals surface area contributed by atoms with Crippen LogP contribution in [-0.4, -0.2) is 23.4 Å². The summed E-state index contributed by atoms with van der Waals surface area (Å²) in [4.78, 5) is 0. The highest BCUT2D eigenvalue weighted by atomic mass is 16.5. The highest BCUT2D eigenvalue weighted by Crippen LogP contribution is 2.29. The first-order chi connectivity index (χ1) is 8.13. The summed E-state index contributed by atoms with van der Waals surface area (Å²) in [6.07, 6.45) is 2.90. The number of nitrogens with one attached hydrogen (secondary N) is 1. The number of methoxy groups -OCH3 is 1. The smallest absolute Gasteiger partial charge is 0.161 e. The molecule has 1 atom stereocenters. The molecule has 0 aliphatic rings. The van der Waals surface area contributed by atoms with Crippen molar-refractivity contribution in [2.24, 2.45) is 5.92 Å². The molecule has 1 aromatic heterocycles. The minimum atomic E-state index is 0.317. The third-order valence-electron chi connectivity index (χ3n) is 2.85. The van der Waals surface area contributed by atoms with Gasteiger partial charge in [0.15, 0.2) is 5.75 Å². The van der Waals surface area contributed by atoms with Crippen LogP contribution in [0.15, 0.2) is 6.20 Å². The zero-order chi connectivity index (χ0) is 12.8. The molecule has 1 heterocycles. The zero-order valence-corrected chi connectivity index (χ0v) is 11.7. The van der Waals surface area contributed by atoms with Gasteiger partial charge in [0.1, 0.15) is 0 Å². The molecule has 0 spiro atoms. The van der Waals surface area contributed by atoms with E-state index in [0.29, 0.717) is 12.0 Å². The molecule has 1 unspecified atom stereocenters. The largest absolute Gasteiger partial charge is 0.493 e. The first-order valence-corrected chi connectivity index (χ1v) is 6.47. The van der Waals surface area contributed by atoms with E-state index in [4.69, 9.17) is 4.74 Å². The number of nitrogens with zero attached hydrogens (tertiary/aromatic N) is 2. The summed E-state index contributed by atoms with van der Waals surface area (Å²) in [6.45, 7) is 10.5. The Hall–Kier alpha value is -1.03. The van der Waals surface area contributed by atoms with Gasteiger partial charge in [-0.15, -0.1) is 0 Å². The molecule has 0 saturated heterocycles. The molecule has 1 aromatic rings. The highest BCUT2D eigenvalue weighted by molar-refractivity contribution is 5.28. The second-order valence-corrected chi connectivity index (χ2v) is 4.65. The van der Waals surface area contributed by atoms with Crippen LogP contribution in [0.5, 0.6) is 5.75 Å². The molecule has 4 nitrogen and oxygen atoms in total. The first kappa shape index (κ1) is 14.0. The van der Waals surface area contributed by atoms with Crippen molar-refractivity contribution < 1.29 is 4.74 Å². The van der Waals surface area contributed by atoms with Crippen molar-refractivity contribution in [3.63, 3.8) is 0 Å². The number of rotatable bonds is 7. The van der Waals surface area contributed by atoms with Crippen LogP contribution in [0.3, 0.4) is 0 Å². The molecule has 0 saturated carbocycles. The predicted molar refractivity (Wildman–Crippen MR) is 70.3 cm³/mol. The van der Waals surface area contributed by atoms with Gasteiger partial charge >= 0.3 is 0 Å². The zero-order valence-electron chi connectivity index (χ0n) is 11.7. The summed E-state index contributed by atoms with van der Waals surface area (Å²) >= 11 is 0. The van der Waals surface area contributed by atoms with Gasteiger partial charge in [0.25, 0.3) is 0 Å². The van der Waals surface area contributed by atoms with E-state index in [9.17, 15) is 0 Å². The topological polar surface area (TPSA) is 39.1 Å². The number of aryl methyl sites for hydroxylation is 1. The van der Waals surface area contributed by atoms with Crippen LogP contribution in [0.4, 0.5) is 0 Å². The Morgan fingerprint density at radius 1 is 1.41 bits per heavy atom. The number of aromatic nitrogens is 2. The Kier molecular flexibility index (Phi) is 5.48. The Labute approximate surface area is 104 Å². The van der Waals surface area contributed by atoms with Crippen molar-refractivity contribution in [3.05, 3.63) is 11.9 Å². The maximum atomic E-state index is 5.41. The molecule has 17 heavy (non-hydrogen) atoms. The van der Waals surface area contributed by atoms with E-state index in [0.717, 1.165) is 25.3 Å². The monoisotopic (exact) mass is 239 g/mol. The third kappa shape index (κ3) is 3.46. The van der Waals surface area contributed by atoms with E-state index in [1.165, 1.54) is 5.69 Å². The average Bonchev–Trinajstić information content (AvgIpc) is 2.70. The van der Waals surface area contributed by atoms with Crippen LogP contribution >= 0.6 is 0 Å². The molecule has 0 aliphatic carbocycles. The summed E-state index contributed by atoms with van der Waals surface area (Å²) < 4.78 is 7.44. The lowest BCUT2D eigenvalue weighted by Crippen LogP contribution is -2.25. The van der Waals surface area contributed by atoms with Crippen LogP contribution < -0.4 is 10.1 Å². The average molecular weight is 239 g/mol. The van der Waals surface area contributed by atoms with Crippen LogP contribution in [0.25, 0.3) is 0 Å². The lowest BCUT2D eigenvalue weighted by Gasteiger charge is -2.22. The minimum Gasteiger partial charge on any atom is -0.493 e. The van der Waals surface area contributed by atoms with Crippen LogP contribution in [0.1, 0.15) is 45.9 Å². The van der Waals surface area contributed by atoms with Crippen molar-refractivity contribution in [3.8, 4) is 5.75 Å². The molecule has 1 N–H and O–H groups in total. The van der Waals surface area contributed by atoms with Crippen molar-refractivity contribution in [2.75, 3.05) is 13.7 Å². The van der Waals surface area contributed by atoms with Gasteiger partial charge in [0.2, 0.25) is 0 Å². The van der Waals surface area contributed by atoms with Gasteiger partial charge < -0.3 is 10.1 Å². The van der Waals surface area contributed by atoms with Gasteiger partial charge in [-0.25, -0.2) is 0 Å². The van der Waals surface area contributed by atoms with Crippen molar-refractivity contribution >= 4 is 0 Å². The van der Waals surface area contributed by atoms with Crippen LogP contribution in [0, 0.1) is 5.92 Å². The Morgan fingerprint density at radius 2 is 2.12 bits per heavy atom. The lowest BCUT2D eigenvalue weighted by molar-refractivity contribution is 0.370. The number of hydrogen-bond acceptors (Lipinski definition) is 3. The maximum absolute atomic E-state index is 5.41. The summed E-state index contributed by atoms with van der Waals surface area (Å²) in [5, 5.41) is 7.89. The standard InChI is InChI=1S/C13H25N3O/c1-6-14-11(8-10(3)4)13-12(17-5)9-15-16(13)7-2/h9-11,14H,6-8H2,1-5H3. The van der Waals surface area contributed by atoms with E-state index < -0.39 is 0 Å². The Balaban J connectivity index is 3.01. The molecule has 0 radical (unpaired) electrons. The quantitative estimate of drug-likeness (QED) is 0.795. The molecule has 0 fully saturated rings. The molecular formula is C13H25N3O. The van der Waals surface area contributed by atoms with Crippen molar-refractivity contribution in [1.29, 1.82) is 0 Å². The minimum absolute atomic E-state index is 0.317.